The van der Waals surface area contributed by atoms with Crippen molar-refractivity contribution in [3.05, 3.63) is 46.5 Å². The fourth-order valence-corrected chi connectivity index (χ4v) is 3.77. The summed E-state index contributed by atoms with van der Waals surface area (Å²) in [5, 5.41) is 7.10. The van der Waals surface area contributed by atoms with E-state index in [4.69, 9.17) is 4.42 Å². The molecule has 1 aliphatic rings. The van der Waals surface area contributed by atoms with E-state index in [1.54, 1.807) is 34.6 Å². The number of carbonyl (C=O) groups is 2. The molecule has 3 rings (SSSR count). The van der Waals surface area contributed by atoms with Gasteiger partial charge >= 0.3 is 6.03 Å². The molecule has 8 heteroatoms. The molecule has 134 valence electrons. The summed E-state index contributed by atoms with van der Waals surface area (Å²) in [6.07, 6.45) is 1.55. The van der Waals surface area contributed by atoms with Crippen molar-refractivity contribution in [2.24, 2.45) is 0 Å². The minimum absolute atomic E-state index is 0.242. The van der Waals surface area contributed by atoms with Gasteiger partial charge in [0.15, 0.2) is 6.54 Å². The third-order valence-corrected chi connectivity index (χ3v) is 5.21. The molecule has 0 aliphatic carbocycles. The van der Waals surface area contributed by atoms with Gasteiger partial charge in [-0.3, -0.25) is 10.1 Å². The van der Waals surface area contributed by atoms with Crippen LogP contribution in [0, 0.1) is 0 Å². The van der Waals surface area contributed by atoms with E-state index in [1.165, 1.54) is 9.78 Å². The SMILES string of the molecule is O=C(C[NH+]1CC[NH+](Cc2cccs2)CC1)NC(=O)NCc1ccco1. The number of quaternary nitrogens is 2. The molecule has 2 aromatic heterocycles. The van der Waals surface area contributed by atoms with Gasteiger partial charge in [-0.2, -0.15) is 0 Å². The highest BCUT2D eigenvalue weighted by atomic mass is 32.1. The molecule has 7 nitrogen and oxygen atoms in total. The summed E-state index contributed by atoms with van der Waals surface area (Å²) in [5.41, 5.74) is 0. The second-order valence-corrected chi connectivity index (χ2v) is 7.28. The van der Waals surface area contributed by atoms with E-state index in [9.17, 15) is 9.59 Å². The maximum atomic E-state index is 12.0. The van der Waals surface area contributed by atoms with Gasteiger partial charge in [0, 0.05) is 0 Å². The van der Waals surface area contributed by atoms with Crippen molar-refractivity contribution in [1.29, 1.82) is 0 Å². The first kappa shape index (κ1) is 17.7. The van der Waals surface area contributed by atoms with Crippen LogP contribution in [-0.4, -0.2) is 44.7 Å². The van der Waals surface area contributed by atoms with E-state index < -0.39 is 6.03 Å². The molecule has 0 aromatic carbocycles. The molecule has 25 heavy (non-hydrogen) atoms. The Hall–Kier alpha value is -2.16. The standard InChI is InChI=1S/C17H22N4O3S/c22-16(19-17(23)18-11-14-3-1-9-24-14)13-21-7-5-20(6-8-21)12-15-4-2-10-25-15/h1-4,9-10H,5-8,11-13H2,(H2,18,19,22,23)/p+2. The predicted molar refractivity (Wildman–Crippen MR) is 93.4 cm³/mol. The van der Waals surface area contributed by atoms with Crippen LogP contribution in [0.4, 0.5) is 4.79 Å². The zero-order chi connectivity index (χ0) is 17.5. The van der Waals surface area contributed by atoms with E-state index in [0.717, 1.165) is 32.7 Å². The number of amides is 3. The van der Waals surface area contributed by atoms with Gasteiger partial charge in [0.2, 0.25) is 0 Å². The number of piperazine rings is 1. The summed E-state index contributed by atoms with van der Waals surface area (Å²) in [4.78, 5) is 27.9. The Bertz CT molecular complexity index is 664. The lowest BCUT2D eigenvalue weighted by Gasteiger charge is -2.29. The quantitative estimate of drug-likeness (QED) is 0.512. The molecule has 0 saturated carbocycles. The molecule has 1 aliphatic heterocycles. The fourth-order valence-electron chi connectivity index (χ4n) is 2.99. The van der Waals surface area contributed by atoms with Gasteiger partial charge in [-0.25, -0.2) is 4.79 Å². The predicted octanol–water partition coefficient (Wildman–Crippen LogP) is -1.35. The van der Waals surface area contributed by atoms with Crippen molar-refractivity contribution in [1.82, 2.24) is 10.6 Å². The summed E-state index contributed by atoms with van der Waals surface area (Å²) in [5.74, 6) is 0.409. The molecule has 1 fully saturated rings. The number of furan rings is 1. The summed E-state index contributed by atoms with van der Waals surface area (Å²) >= 11 is 1.80. The minimum Gasteiger partial charge on any atom is -0.467 e. The van der Waals surface area contributed by atoms with Gasteiger partial charge < -0.3 is 19.5 Å². The third kappa shape index (κ3) is 5.70. The van der Waals surface area contributed by atoms with Gasteiger partial charge in [-0.05, 0) is 23.6 Å². The molecule has 0 spiro atoms. The average Bonchev–Trinajstić information content (AvgIpc) is 3.28. The second kappa shape index (κ2) is 8.80. The van der Waals surface area contributed by atoms with Crippen molar-refractivity contribution in [3.63, 3.8) is 0 Å². The number of hydrogen-bond acceptors (Lipinski definition) is 4. The maximum Gasteiger partial charge on any atom is 0.321 e. The highest BCUT2D eigenvalue weighted by Crippen LogP contribution is 2.05. The first-order valence-electron chi connectivity index (χ1n) is 8.48. The number of thiophene rings is 1. The van der Waals surface area contributed by atoms with E-state index in [-0.39, 0.29) is 12.5 Å². The lowest BCUT2D eigenvalue weighted by molar-refractivity contribution is -1.01. The monoisotopic (exact) mass is 364 g/mol. The van der Waals surface area contributed by atoms with Crippen LogP contribution in [0.25, 0.3) is 0 Å². The Morgan fingerprint density at radius 1 is 1.12 bits per heavy atom. The zero-order valence-electron chi connectivity index (χ0n) is 14.0. The van der Waals surface area contributed by atoms with Crippen LogP contribution >= 0.6 is 11.3 Å². The van der Waals surface area contributed by atoms with Crippen LogP contribution in [0.3, 0.4) is 0 Å². The highest BCUT2D eigenvalue weighted by Gasteiger charge is 2.25. The van der Waals surface area contributed by atoms with Crippen molar-refractivity contribution in [3.8, 4) is 0 Å². The summed E-state index contributed by atoms with van der Waals surface area (Å²) in [6, 6.07) is 7.30. The molecule has 0 radical (unpaired) electrons. The number of nitrogens with one attached hydrogen (secondary N) is 4. The molecule has 2 aromatic rings. The summed E-state index contributed by atoms with van der Waals surface area (Å²) < 4.78 is 5.12. The van der Waals surface area contributed by atoms with Crippen LogP contribution < -0.4 is 20.4 Å². The van der Waals surface area contributed by atoms with Crippen molar-refractivity contribution in [2.75, 3.05) is 32.7 Å². The molecular formula is C17H24N4O3S+2. The highest BCUT2D eigenvalue weighted by molar-refractivity contribution is 7.09. The van der Waals surface area contributed by atoms with E-state index in [1.807, 2.05) is 0 Å². The number of urea groups is 1. The van der Waals surface area contributed by atoms with Crippen LogP contribution in [0.2, 0.25) is 0 Å². The largest absolute Gasteiger partial charge is 0.467 e. The van der Waals surface area contributed by atoms with Crippen molar-refractivity contribution in [2.45, 2.75) is 13.1 Å². The zero-order valence-corrected chi connectivity index (χ0v) is 14.9. The van der Waals surface area contributed by atoms with Gasteiger partial charge in [0.25, 0.3) is 5.91 Å². The van der Waals surface area contributed by atoms with Crippen LogP contribution in [-0.2, 0) is 17.9 Å². The second-order valence-electron chi connectivity index (χ2n) is 6.24. The van der Waals surface area contributed by atoms with Crippen LogP contribution in [0.1, 0.15) is 10.6 Å². The van der Waals surface area contributed by atoms with Crippen LogP contribution in [0.15, 0.2) is 40.3 Å². The molecule has 1 saturated heterocycles. The molecule has 4 N–H and O–H groups in total. The first-order chi connectivity index (χ1) is 12.2. The smallest absolute Gasteiger partial charge is 0.321 e. The third-order valence-electron chi connectivity index (χ3n) is 4.34. The Morgan fingerprint density at radius 2 is 1.92 bits per heavy atom. The summed E-state index contributed by atoms with van der Waals surface area (Å²) in [7, 11) is 0. The van der Waals surface area contributed by atoms with E-state index >= 15 is 0 Å². The van der Waals surface area contributed by atoms with E-state index in [2.05, 4.69) is 28.1 Å². The maximum absolute atomic E-state index is 12.0. The number of hydrogen-bond donors (Lipinski definition) is 4. The molecule has 0 bridgehead atoms. The molecule has 3 heterocycles. The minimum atomic E-state index is -0.484. The average molecular weight is 364 g/mol. The number of carbonyl (C=O) groups excluding carboxylic acids is 2. The molecule has 3 amide bonds. The van der Waals surface area contributed by atoms with Crippen molar-refractivity contribution < 1.29 is 23.8 Å². The first-order valence-corrected chi connectivity index (χ1v) is 9.36. The Balaban J connectivity index is 1.32. The summed E-state index contributed by atoms with van der Waals surface area (Å²) in [6.45, 7) is 5.65. The Labute approximate surface area is 150 Å². The van der Waals surface area contributed by atoms with Crippen LogP contribution in [0.5, 0.6) is 0 Å². The van der Waals surface area contributed by atoms with Gasteiger partial charge in [0.1, 0.15) is 38.5 Å². The molecule has 0 atom stereocenters. The normalized spacial score (nSPS) is 20.2. The van der Waals surface area contributed by atoms with Crippen molar-refractivity contribution >= 4 is 23.3 Å². The molecular weight excluding hydrogens is 340 g/mol. The topological polar surface area (TPSA) is 80.2 Å². The van der Waals surface area contributed by atoms with E-state index in [0.29, 0.717) is 12.3 Å². The number of imide groups is 1. The van der Waals surface area contributed by atoms with Gasteiger partial charge in [0.05, 0.1) is 17.7 Å². The van der Waals surface area contributed by atoms with Gasteiger partial charge in [-0.15, -0.1) is 11.3 Å². The molecule has 0 unspecified atom stereocenters. The fraction of sp³-hybridized carbons (Fsp3) is 0.412. The number of rotatable bonds is 6. The Morgan fingerprint density at radius 3 is 2.60 bits per heavy atom. The Kier molecular flexibility index (Phi) is 6.21. The lowest BCUT2D eigenvalue weighted by Crippen LogP contribution is -3.28. The van der Waals surface area contributed by atoms with Gasteiger partial charge in [-0.1, -0.05) is 6.07 Å². The lowest BCUT2D eigenvalue weighted by atomic mass is 10.3.